The van der Waals surface area contributed by atoms with Gasteiger partial charge in [0.2, 0.25) is 0 Å². The average molecular weight is 143 g/mol. The first-order valence-electron chi connectivity index (χ1n) is 4.09. The summed E-state index contributed by atoms with van der Waals surface area (Å²) >= 11 is 0. The van der Waals surface area contributed by atoms with Crippen molar-refractivity contribution in [1.82, 2.24) is 5.32 Å². The molecule has 10 heavy (non-hydrogen) atoms. The molecule has 1 nitrogen and oxygen atoms in total. The minimum atomic E-state index is 1.02. The minimum Gasteiger partial charge on any atom is -0.389 e. The van der Waals surface area contributed by atoms with Crippen LogP contribution in [0.25, 0.3) is 0 Å². The van der Waals surface area contributed by atoms with Crippen LogP contribution in [0.3, 0.4) is 0 Å². The van der Waals surface area contributed by atoms with Gasteiger partial charge in [0.25, 0.3) is 0 Å². The van der Waals surface area contributed by atoms with E-state index in [2.05, 4.69) is 39.1 Å². The van der Waals surface area contributed by atoms with Crippen molar-refractivity contribution in [2.45, 2.75) is 41.0 Å². The quantitative estimate of drug-likeness (QED) is 0.626. The number of hydrogen-bond donors (Lipinski definition) is 1. The summed E-state index contributed by atoms with van der Waals surface area (Å²) in [5, 5.41) is 3.16. The van der Waals surface area contributed by atoms with Crippen molar-refractivity contribution in [2.24, 2.45) is 0 Å². The van der Waals surface area contributed by atoms with Gasteiger partial charge in [0.1, 0.15) is 0 Å². The fraction of sp³-hybridized carbons (Fsp3) is 0.778. The number of nitrogens with one attached hydrogen (secondary N) is 1. The van der Waals surface area contributed by atoms with Gasteiger partial charge in [0, 0.05) is 12.2 Å². The lowest BCUT2D eigenvalue weighted by molar-refractivity contribution is 0.852. The molecule has 62 valence electrons. The highest BCUT2D eigenvalue weighted by Gasteiger charge is 1.75. The van der Waals surface area contributed by atoms with Crippen LogP contribution in [0.15, 0.2) is 11.8 Å². The van der Waals surface area contributed by atoms with Gasteiger partial charge < -0.3 is 5.32 Å². The molecular weight excluding hydrogens is 122 g/mol. The van der Waals surface area contributed by atoms with Gasteiger partial charge in [-0.15, -0.1) is 0 Å². The summed E-state index contributed by atoms with van der Waals surface area (Å²) in [6.07, 6.45) is 3.31. The lowest BCUT2D eigenvalue weighted by Crippen LogP contribution is -2.08. The summed E-state index contributed by atoms with van der Waals surface area (Å²) in [4.78, 5) is 0. The zero-order valence-electron chi connectivity index (χ0n) is 7.99. The summed E-state index contributed by atoms with van der Waals surface area (Å²) in [6.45, 7) is 11.4. The van der Waals surface area contributed by atoms with Gasteiger partial charge in [-0.1, -0.05) is 26.3 Å². The van der Waals surface area contributed by atoms with Gasteiger partial charge in [0.15, 0.2) is 0 Å². The molecule has 0 aliphatic carbocycles. The molecule has 0 heterocycles. The Morgan fingerprint density at radius 1 is 1.30 bits per heavy atom. The zero-order chi connectivity index (χ0) is 8.41. The van der Waals surface area contributed by atoms with Crippen molar-refractivity contribution in [3.05, 3.63) is 11.8 Å². The lowest BCUT2D eigenvalue weighted by Gasteiger charge is -1.97. The van der Waals surface area contributed by atoms with E-state index in [-0.39, 0.29) is 0 Å². The summed E-state index contributed by atoms with van der Waals surface area (Å²) in [6, 6.07) is 0. The first-order valence-corrected chi connectivity index (χ1v) is 4.09. The molecule has 0 rings (SSSR count). The highest BCUT2D eigenvalue weighted by Crippen LogP contribution is 1.80. The molecule has 0 amide bonds. The van der Waals surface area contributed by atoms with Crippen LogP contribution in [0.5, 0.6) is 0 Å². The van der Waals surface area contributed by atoms with Crippen LogP contribution in [0.4, 0.5) is 0 Å². The van der Waals surface area contributed by atoms with Crippen molar-refractivity contribution < 1.29 is 0 Å². The van der Waals surface area contributed by atoms with Gasteiger partial charge in [-0.3, -0.25) is 0 Å². The molecule has 1 N–H and O–H groups in total. The predicted molar refractivity (Wildman–Crippen MR) is 49.1 cm³/mol. The Morgan fingerprint density at radius 2 is 1.70 bits per heavy atom. The van der Waals surface area contributed by atoms with Crippen molar-refractivity contribution in [2.75, 3.05) is 6.54 Å². The third-order valence-corrected chi connectivity index (χ3v) is 0.889. The van der Waals surface area contributed by atoms with E-state index >= 15 is 0 Å². The first kappa shape index (κ1) is 12.2. The van der Waals surface area contributed by atoms with E-state index in [4.69, 9.17) is 0 Å². The molecule has 0 saturated heterocycles. The fourth-order valence-electron chi connectivity index (χ4n) is 0.381. The van der Waals surface area contributed by atoms with Crippen LogP contribution in [-0.4, -0.2) is 6.54 Å². The predicted octanol–water partition coefficient (Wildman–Crippen LogP) is 2.94. The van der Waals surface area contributed by atoms with Crippen LogP contribution < -0.4 is 5.32 Å². The standard InChI is InChI=1S/C6H13N.C3H8/c1-4-6(3)7-5-2;1-3-2/h4,7H,5H2,1-3H3;3H2,1-2H3/b6-4-;. The van der Waals surface area contributed by atoms with Crippen molar-refractivity contribution >= 4 is 0 Å². The van der Waals surface area contributed by atoms with Gasteiger partial charge >= 0.3 is 0 Å². The molecule has 0 unspecified atom stereocenters. The second-order valence-electron chi connectivity index (χ2n) is 2.21. The summed E-state index contributed by atoms with van der Waals surface area (Å²) < 4.78 is 0. The normalized spacial score (nSPS) is 9.90. The van der Waals surface area contributed by atoms with Crippen LogP contribution in [0.1, 0.15) is 41.0 Å². The Balaban J connectivity index is 0. The SMILES string of the molecule is C/C=C(/C)NCC.CCC. The number of hydrogen-bond acceptors (Lipinski definition) is 1. The second-order valence-corrected chi connectivity index (χ2v) is 2.21. The van der Waals surface area contributed by atoms with Gasteiger partial charge in [-0.25, -0.2) is 0 Å². The molecule has 0 aromatic heterocycles. The molecule has 0 spiro atoms. The molecule has 0 radical (unpaired) electrons. The molecule has 1 heteroatoms. The molecule has 0 aliphatic heterocycles. The van der Waals surface area contributed by atoms with E-state index in [0.717, 1.165) is 6.54 Å². The van der Waals surface area contributed by atoms with E-state index in [1.54, 1.807) is 0 Å². The Hall–Kier alpha value is -0.460. The van der Waals surface area contributed by atoms with Crippen LogP contribution >= 0.6 is 0 Å². The third-order valence-electron chi connectivity index (χ3n) is 0.889. The lowest BCUT2D eigenvalue weighted by atomic mass is 10.4. The first-order chi connectivity index (χ1) is 4.72. The van der Waals surface area contributed by atoms with E-state index in [1.807, 2.05) is 6.92 Å². The topological polar surface area (TPSA) is 12.0 Å². The van der Waals surface area contributed by atoms with E-state index < -0.39 is 0 Å². The third kappa shape index (κ3) is 15.6. The summed E-state index contributed by atoms with van der Waals surface area (Å²) in [7, 11) is 0. The maximum absolute atomic E-state index is 3.16. The average Bonchev–Trinajstić information content (AvgIpc) is 1.90. The molecule has 0 aromatic rings. The molecule has 0 saturated carbocycles. The Bertz CT molecular complexity index is 74.8. The second kappa shape index (κ2) is 11.4. The molecule has 0 aromatic carbocycles. The van der Waals surface area contributed by atoms with Crippen molar-refractivity contribution in [3.8, 4) is 0 Å². The molecular formula is C9H21N. The van der Waals surface area contributed by atoms with Crippen LogP contribution in [0, 0.1) is 0 Å². The Labute approximate surface area is 65.5 Å². The molecule has 0 fully saturated rings. The van der Waals surface area contributed by atoms with Crippen LogP contribution in [0.2, 0.25) is 0 Å². The maximum Gasteiger partial charge on any atom is 0.0115 e. The smallest absolute Gasteiger partial charge is 0.0115 e. The molecule has 0 aliphatic rings. The number of rotatable bonds is 2. The Kier molecular flexibility index (Phi) is 13.9. The highest BCUT2D eigenvalue weighted by atomic mass is 14.8. The van der Waals surface area contributed by atoms with E-state index in [0.29, 0.717) is 0 Å². The van der Waals surface area contributed by atoms with Crippen molar-refractivity contribution in [3.63, 3.8) is 0 Å². The largest absolute Gasteiger partial charge is 0.389 e. The highest BCUT2D eigenvalue weighted by molar-refractivity contribution is 4.91. The zero-order valence-corrected chi connectivity index (χ0v) is 7.99. The van der Waals surface area contributed by atoms with Gasteiger partial charge in [-0.2, -0.15) is 0 Å². The van der Waals surface area contributed by atoms with Gasteiger partial charge in [-0.05, 0) is 20.8 Å². The van der Waals surface area contributed by atoms with E-state index in [9.17, 15) is 0 Å². The maximum atomic E-state index is 3.16. The molecule has 0 atom stereocenters. The van der Waals surface area contributed by atoms with Gasteiger partial charge in [0.05, 0.1) is 0 Å². The summed E-state index contributed by atoms with van der Waals surface area (Å²) in [5.74, 6) is 0. The fourth-order valence-corrected chi connectivity index (χ4v) is 0.381. The minimum absolute atomic E-state index is 1.02. The Morgan fingerprint density at radius 3 is 1.80 bits per heavy atom. The monoisotopic (exact) mass is 143 g/mol. The molecule has 0 bridgehead atoms. The number of allylic oxidation sites excluding steroid dienone is 2. The van der Waals surface area contributed by atoms with Crippen LogP contribution in [-0.2, 0) is 0 Å². The van der Waals surface area contributed by atoms with E-state index in [1.165, 1.54) is 12.1 Å². The summed E-state index contributed by atoms with van der Waals surface area (Å²) in [5.41, 5.74) is 1.25. The van der Waals surface area contributed by atoms with Crippen molar-refractivity contribution in [1.29, 1.82) is 0 Å².